The summed E-state index contributed by atoms with van der Waals surface area (Å²) in [4.78, 5) is 24.4. The molecule has 2 heteroatoms. The fourth-order valence-corrected chi connectivity index (χ4v) is 1.96. The van der Waals surface area contributed by atoms with Crippen LogP contribution in [0.3, 0.4) is 0 Å². The third kappa shape index (κ3) is 3.02. The molecule has 0 aliphatic heterocycles. The van der Waals surface area contributed by atoms with E-state index in [1.54, 1.807) is 36.4 Å². The summed E-state index contributed by atoms with van der Waals surface area (Å²) in [5.74, 6) is 0.0524. The van der Waals surface area contributed by atoms with Crippen LogP contribution in [0.2, 0.25) is 0 Å². The number of rotatable bonds is 3. The smallest absolute Gasteiger partial charge is 0.193 e. The van der Waals surface area contributed by atoms with Gasteiger partial charge < -0.3 is 0 Å². The monoisotopic (exact) mass is 266 g/mol. The van der Waals surface area contributed by atoms with Crippen LogP contribution in [0.15, 0.2) is 54.6 Å². The minimum Gasteiger partial charge on any atom is -0.294 e. The Hall–Kier alpha value is -2.22. The lowest BCUT2D eigenvalue weighted by atomic mass is 9.86. The molecule has 0 saturated carbocycles. The summed E-state index contributed by atoms with van der Waals surface area (Å²) in [7, 11) is 0. The third-order valence-electron chi connectivity index (χ3n) is 3.13. The predicted molar refractivity (Wildman–Crippen MR) is 80.1 cm³/mol. The molecule has 0 saturated heterocycles. The zero-order chi connectivity index (χ0) is 14.8. The Balaban J connectivity index is 2.25. The Labute approximate surface area is 119 Å². The highest BCUT2D eigenvalue weighted by molar-refractivity contribution is 6.09. The van der Waals surface area contributed by atoms with Crippen molar-refractivity contribution in [1.82, 2.24) is 0 Å². The number of hydrogen-bond donors (Lipinski definition) is 0. The first-order valence-corrected chi connectivity index (χ1v) is 6.64. The van der Waals surface area contributed by atoms with Crippen molar-refractivity contribution in [1.29, 1.82) is 0 Å². The van der Waals surface area contributed by atoms with Crippen LogP contribution in [0, 0.1) is 5.41 Å². The van der Waals surface area contributed by atoms with E-state index in [2.05, 4.69) is 0 Å². The van der Waals surface area contributed by atoms with Gasteiger partial charge in [-0.3, -0.25) is 9.59 Å². The molecular weight excluding hydrogens is 248 g/mol. The highest BCUT2D eigenvalue weighted by atomic mass is 16.1. The number of ketones is 2. The zero-order valence-electron chi connectivity index (χ0n) is 12.0. The molecule has 2 nitrogen and oxygen atoms in total. The van der Waals surface area contributed by atoms with Crippen LogP contribution in [-0.4, -0.2) is 11.6 Å². The topological polar surface area (TPSA) is 34.1 Å². The van der Waals surface area contributed by atoms with Gasteiger partial charge in [0.1, 0.15) is 0 Å². The summed E-state index contributed by atoms with van der Waals surface area (Å²) in [5.41, 5.74) is 1.48. The maximum Gasteiger partial charge on any atom is 0.193 e. The molecule has 2 rings (SSSR count). The lowest BCUT2D eigenvalue weighted by molar-refractivity contribution is 0.0857. The Kier molecular flexibility index (Phi) is 3.84. The molecule has 0 aliphatic rings. The standard InChI is InChI=1S/C18H18O2/c1-18(2,3)17(20)15-11-9-14(10-12-15)16(19)13-7-5-4-6-8-13/h4-12H,1-3H3. The van der Waals surface area contributed by atoms with Gasteiger partial charge in [-0.2, -0.15) is 0 Å². The van der Waals surface area contributed by atoms with Crippen molar-refractivity contribution in [2.45, 2.75) is 20.8 Å². The van der Waals surface area contributed by atoms with E-state index in [9.17, 15) is 9.59 Å². The van der Waals surface area contributed by atoms with Crippen LogP contribution >= 0.6 is 0 Å². The van der Waals surface area contributed by atoms with E-state index in [-0.39, 0.29) is 11.6 Å². The summed E-state index contributed by atoms with van der Waals surface area (Å²) < 4.78 is 0. The van der Waals surface area contributed by atoms with Gasteiger partial charge in [-0.15, -0.1) is 0 Å². The molecule has 20 heavy (non-hydrogen) atoms. The van der Waals surface area contributed by atoms with E-state index >= 15 is 0 Å². The molecule has 0 atom stereocenters. The van der Waals surface area contributed by atoms with Crippen molar-refractivity contribution < 1.29 is 9.59 Å². The van der Waals surface area contributed by atoms with Crippen molar-refractivity contribution in [3.8, 4) is 0 Å². The average molecular weight is 266 g/mol. The van der Waals surface area contributed by atoms with Gasteiger partial charge in [-0.25, -0.2) is 0 Å². The molecule has 0 aliphatic carbocycles. The molecule has 0 bridgehead atoms. The molecule has 0 amide bonds. The highest BCUT2D eigenvalue weighted by Crippen LogP contribution is 2.21. The molecule has 2 aromatic rings. The molecule has 0 aromatic heterocycles. The van der Waals surface area contributed by atoms with Gasteiger partial charge in [0, 0.05) is 22.1 Å². The van der Waals surface area contributed by atoms with Crippen molar-refractivity contribution in [2.75, 3.05) is 0 Å². The second-order valence-electron chi connectivity index (χ2n) is 5.85. The number of Topliss-reactive ketones (excluding diaryl/α,β-unsaturated/α-hetero) is 1. The summed E-state index contributed by atoms with van der Waals surface area (Å²) in [6.07, 6.45) is 0. The minimum atomic E-state index is -0.412. The molecule has 2 aromatic carbocycles. The van der Waals surface area contributed by atoms with Gasteiger partial charge in [-0.1, -0.05) is 75.4 Å². The van der Waals surface area contributed by atoms with E-state index in [4.69, 9.17) is 0 Å². The summed E-state index contributed by atoms with van der Waals surface area (Å²) in [5, 5.41) is 0. The maximum absolute atomic E-state index is 12.2. The van der Waals surface area contributed by atoms with Crippen LogP contribution in [0.1, 0.15) is 47.1 Å². The molecule has 0 spiro atoms. The summed E-state index contributed by atoms with van der Waals surface area (Å²) in [6, 6.07) is 16.0. The van der Waals surface area contributed by atoms with Crippen LogP contribution in [-0.2, 0) is 0 Å². The quantitative estimate of drug-likeness (QED) is 0.782. The molecule has 102 valence electrons. The third-order valence-corrected chi connectivity index (χ3v) is 3.13. The summed E-state index contributed by atoms with van der Waals surface area (Å²) in [6.45, 7) is 5.66. The SMILES string of the molecule is CC(C)(C)C(=O)c1ccc(C(=O)c2ccccc2)cc1. The summed E-state index contributed by atoms with van der Waals surface area (Å²) >= 11 is 0. The predicted octanol–water partition coefficient (Wildman–Crippen LogP) is 4.15. The number of benzene rings is 2. The molecular formula is C18H18O2. The van der Waals surface area contributed by atoms with E-state index in [0.29, 0.717) is 16.7 Å². The van der Waals surface area contributed by atoms with Gasteiger partial charge in [0.15, 0.2) is 11.6 Å². The van der Waals surface area contributed by atoms with E-state index in [1.807, 2.05) is 39.0 Å². The first-order chi connectivity index (χ1) is 9.39. The van der Waals surface area contributed by atoms with E-state index in [1.165, 1.54) is 0 Å². The van der Waals surface area contributed by atoms with Gasteiger partial charge in [0.2, 0.25) is 0 Å². The molecule has 0 heterocycles. The second-order valence-corrected chi connectivity index (χ2v) is 5.85. The molecule has 0 fully saturated rings. The number of hydrogen-bond acceptors (Lipinski definition) is 2. The maximum atomic E-state index is 12.2. The Morgan fingerprint density at radius 2 is 1.15 bits per heavy atom. The molecule has 0 radical (unpaired) electrons. The Morgan fingerprint density at radius 1 is 0.700 bits per heavy atom. The van der Waals surface area contributed by atoms with Gasteiger partial charge >= 0.3 is 0 Å². The second kappa shape index (κ2) is 5.41. The molecule has 0 N–H and O–H groups in total. The van der Waals surface area contributed by atoms with E-state index < -0.39 is 5.41 Å². The van der Waals surface area contributed by atoms with Crippen LogP contribution < -0.4 is 0 Å². The van der Waals surface area contributed by atoms with Crippen LogP contribution in [0.5, 0.6) is 0 Å². The van der Waals surface area contributed by atoms with Crippen molar-refractivity contribution >= 4 is 11.6 Å². The molecule has 0 unspecified atom stereocenters. The number of carbonyl (C=O) groups excluding carboxylic acids is 2. The Bertz CT molecular complexity index is 617. The lowest BCUT2D eigenvalue weighted by Gasteiger charge is -2.16. The minimum absolute atomic E-state index is 0.0274. The highest BCUT2D eigenvalue weighted by Gasteiger charge is 2.22. The Morgan fingerprint density at radius 3 is 1.65 bits per heavy atom. The van der Waals surface area contributed by atoms with Gasteiger partial charge in [0.25, 0.3) is 0 Å². The van der Waals surface area contributed by atoms with Gasteiger partial charge in [0.05, 0.1) is 0 Å². The number of carbonyl (C=O) groups is 2. The lowest BCUT2D eigenvalue weighted by Crippen LogP contribution is -2.20. The van der Waals surface area contributed by atoms with Gasteiger partial charge in [-0.05, 0) is 0 Å². The first-order valence-electron chi connectivity index (χ1n) is 6.64. The zero-order valence-corrected chi connectivity index (χ0v) is 12.0. The average Bonchev–Trinajstić information content (AvgIpc) is 2.46. The normalized spacial score (nSPS) is 11.2. The first kappa shape index (κ1) is 14.2. The van der Waals surface area contributed by atoms with Crippen LogP contribution in [0.4, 0.5) is 0 Å². The van der Waals surface area contributed by atoms with Crippen molar-refractivity contribution in [2.24, 2.45) is 5.41 Å². The van der Waals surface area contributed by atoms with Crippen molar-refractivity contribution in [3.63, 3.8) is 0 Å². The fourth-order valence-electron chi connectivity index (χ4n) is 1.96. The van der Waals surface area contributed by atoms with Crippen molar-refractivity contribution in [3.05, 3.63) is 71.3 Å². The van der Waals surface area contributed by atoms with Crippen LogP contribution in [0.25, 0.3) is 0 Å². The van der Waals surface area contributed by atoms with E-state index in [0.717, 1.165) is 0 Å². The largest absolute Gasteiger partial charge is 0.294 e. The fraction of sp³-hybridized carbons (Fsp3) is 0.222.